The van der Waals surface area contributed by atoms with Crippen molar-refractivity contribution in [3.8, 4) is 0 Å². The Labute approximate surface area is 93.0 Å². The van der Waals surface area contributed by atoms with Crippen molar-refractivity contribution < 1.29 is 4.79 Å². The van der Waals surface area contributed by atoms with E-state index in [4.69, 9.17) is 5.73 Å². The number of nitrogens with two attached hydrogens (primary N) is 1. The van der Waals surface area contributed by atoms with Gasteiger partial charge in [0.15, 0.2) is 0 Å². The molecule has 1 heterocycles. The molecule has 1 saturated heterocycles. The summed E-state index contributed by atoms with van der Waals surface area (Å²) in [7, 11) is 0. The van der Waals surface area contributed by atoms with E-state index in [-0.39, 0.29) is 11.9 Å². The van der Waals surface area contributed by atoms with Gasteiger partial charge >= 0.3 is 0 Å². The Hall–Kier alpha value is -0.570. The van der Waals surface area contributed by atoms with Crippen molar-refractivity contribution in [1.82, 2.24) is 4.90 Å². The molecule has 15 heavy (non-hydrogen) atoms. The van der Waals surface area contributed by atoms with E-state index in [9.17, 15) is 4.79 Å². The van der Waals surface area contributed by atoms with Crippen LogP contribution in [0.5, 0.6) is 0 Å². The lowest BCUT2D eigenvalue weighted by atomic mass is 9.82. The van der Waals surface area contributed by atoms with E-state index < -0.39 is 0 Å². The normalized spacial score (nSPS) is 22.5. The number of hydrogen-bond donors (Lipinski definition) is 1. The summed E-state index contributed by atoms with van der Waals surface area (Å²) in [5.41, 5.74) is 6.23. The Bertz CT molecular complexity index is 216. The highest BCUT2D eigenvalue weighted by atomic mass is 16.2. The number of carbonyl (C=O) groups excluding carboxylic acids is 1. The van der Waals surface area contributed by atoms with Crippen LogP contribution in [0.25, 0.3) is 0 Å². The second kappa shape index (κ2) is 4.97. The lowest BCUT2D eigenvalue weighted by Crippen LogP contribution is -2.48. The molecule has 0 saturated carbocycles. The molecule has 0 radical (unpaired) electrons. The van der Waals surface area contributed by atoms with Crippen molar-refractivity contribution in [2.75, 3.05) is 13.1 Å². The van der Waals surface area contributed by atoms with Crippen LogP contribution < -0.4 is 5.73 Å². The molecule has 88 valence electrons. The molecule has 3 heteroatoms. The Balaban J connectivity index is 2.42. The van der Waals surface area contributed by atoms with E-state index in [1.165, 1.54) is 0 Å². The van der Waals surface area contributed by atoms with Crippen molar-refractivity contribution in [2.24, 2.45) is 11.1 Å². The summed E-state index contributed by atoms with van der Waals surface area (Å²) in [6.45, 7) is 8.35. The van der Waals surface area contributed by atoms with E-state index in [0.717, 1.165) is 38.8 Å². The molecule has 0 bridgehead atoms. The number of likely N-dealkylation sites (tertiary alicyclic amines) is 1. The summed E-state index contributed by atoms with van der Waals surface area (Å²) in [5, 5.41) is 0. The van der Waals surface area contributed by atoms with Gasteiger partial charge in [0, 0.05) is 13.1 Å². The first-order chi connectivity index (χ1) is 6.96. The maximum absolute atomic E-state index is 11.9. The molecule has 1 amide bonds. The highest BCUT2D eigenvalue weighted by Crippen LogP contribution is 2.29. The van der Waals surface area contributed by atoms with Gasteiger partial charge in [-0.2, -0.15) is 0 Å². The molecular weight excluding hydrogens is 188 g/mol. The smallest absolute Gasteiger partial charge is 0.239 e. The van der Waals surface area contributed by atoms with Crippen LogP contribution in [0.1, 0.15) is 46.5 Å². The molecule has 1 atom stereocenters. The van der Waals surface area contributed by atoms with Gasteiger partial charge in [0.1, 0.15) is 0 Å². The quantitative estimate of drug-likeness (QED) is 0.775. The molecule has 1 fully saturated rings. The molecule has 0 aromatic carbocycles. The van der Waals surface area contributed by atoms with E-state index in [0.29, 0.717) is 5.41 Å². The highest BCUT2D eigenvalue weighted by Gasteiger charge is 2.29. The van der Waals surface area contributed by atoms with Gasteiger partial charge in [0.25, 0.3) is 0 Å². The Morgan fingerprint density at radius 3 is 2.40 bits per heavy atom. The highest BCUT2D eigenvalue weighted by molar-refractivity contribution is 5.81. The lowest BCUT2D eigenvalue weighted by Gasteiger charge is -2.37. The fraction of sp³-hybridized carbons (Fsp3) is 0.917. The number of carbonyl (C=O) groups is 1. The zero-order valence-electron chi connectivity index (χ0n) is 10.3. The molecule has 0 unspecified atom stereocenters. The van der Waals surface area contributed by atoms with Crippen molar-refractivity contribution in [1.29, 1.82) is 0 Å². The summed E-state index contributed by atoms with van der Waals surface area (Å²) in [4.78, 5) is 13.8. The molecule has 1 aliphatic rings. The van der Waals surface area contributed by atoms with Gasteiger partial charge in [-0.25, -0.2) is 0 Å². The topological polar surface area (TPSA) is 46.3 Å². The summed E-state index contributed by atoms with van der Waals surface area (Å²) < 4.78 is 0. The Kier molecular flexibility index (Phi) is 4.14. The van der Waals surface area contributed by atoms with Crippen LogP contribution in [0.3, 0.4) is 0 Å². The molecule has 1 rings (SSSR count). The van der Waals surface area contributed by atoms with Gasteiger partial charge in [-0.1, -0.05) is 27.2 Å². The van der Waals surface area contributed by atoms with E-state index in [1.807, 2.05) is 4.90 Å². The van der Waals surface area contributed by atoms with Crippen LogP contribution in [0.15, 0.2) is 0 Å². The number of nitrogens with zero attached hydrogens (tertiary/aromatic N) is 1. The Morgan fingerprint density at radius 1 is 1.40 bits per heavy atom. The molecular formula is C12H24N2O. The predicted octanol–water partition coefficient (Wildman–Crippen LogP) is 1.76. The van der Waals surface area contributed by atoms with E-state index in [1.54, 1.807) is 0 Å². The van der Waals surface area contributed by atoms with Crippen molar-refractivity contribution in [2.45, 2.75) is 52.5 Å². The minimum absolute atomic E-state index is 0.146. The molecule has 1 aliphatic heterocycles. The zero-order chi connectivity index (χ0) is 11.5. The van der Waals surface area contributed by atoms with E-state index >= 15 is 0 Å². The third-order valence-electron chi connectivity index (χ3n) is 3.35. The summed E-state index contributed by atoms with van der Waals surface area (Å²) >= 11 is 0. The predicted molar refractivity (Wildman–Crippen MR) is 62.5 cm³/mol. The molecule has 2 N–H and O–H groups in total. The summed E-state index contributed by atoms with van der Waals surface area (Å²) in [6, 6.07) is -0.281. The maximum atomic E-state index is 11.9. The third-order valence-corrected chi connectivity index (χ3v) is 3.35. The van der Waals surface area contributed by atoms with Crippen molar-refractivity contribution >= 4 is 5.91 Å². The summed E-state index contributed by atoms with van der Waals surface area (Å²) in [6.07, 6.45) is 3.97. The zero-order valence-corrected chi connectivity index (χ0v) is 10.3. The Morgan fingerprint density at radius 2 is 1.93 bits per heavy atom. The molecule has 0 spiro atoms. The molecule has 0 aliphatic carbocycles. The van der Waals surface area contributed by atoms with Crippen LogP contribution in [0.2, 0.25) is 0 Å². The summed E-state index contributed by atoms with van der Waals surface area (Å²) in [5.74, 6) is 0.146. The number of amides is 1. The van der Waals surface area contributed by atoms with Gasteiger partial charge in [0.2, 0.25) is 5.91 Å². The number of hydrogen-bond acceptors (Lipinski definition) is 2. The molecule has 0 aromatic heterocycles. The second-order valence-corrected chi connectivity index (χ2v) is 5.38. The first-order valence-electron chi connectivity index (χ1n) is 6.00. The van der Waals surface area contributed by atoms with Gasteiger partial charge in [-0.15, -0.1) is 0 Å². The largest absolute Gasteiger partial charge is 0.341 e. The van der Waals surface area contributed by atoms with Gasteiger partial charge in [-0.3, -0.25) is 4.79 Å². The van der Waals surface area contributed by atoms with Gasteiger partial charge in [-0.05, 0) is 24.7 Å². The van der Waals surface area contributed by atoms with Gasteiger partial charge < -0.3 is 10.6 Å². The van der Waals surface area contributed by atoms with Gasteiger partial charge in [0.05, 0.1) is 6.04 Å². The van der Waals surface area contributed by atoms with Crippen molar-refractivity contribution in [3.63, 3.8) is 0 Å². The number of piperidine rings is 1. The van der Waals surface area contributed by atoms with E-state index in [2.05, 4.69) is 20.8 Å². The standard InChI is InChI=1S/C12H24N2O/c1-4-5-10(13)11(15)14-8-6-12(2,3)7-9-14/h10H,4-9,13H2,1-3H3/t10-/m0/s1. The molecule has 3 nitrogen and oxygen atoms in total. The maximum Gasteiger partial charge on any atom is 0.239 e. The monoisotopic (exact) mass is 212 g/mol. The first kappa shape index (κ1) is 12.5. The first-order valence-corrected chi connectivity index (χ1v) is 6.00. The average molecular weight is 212 g/mol. The second-order valence-electron chi connectivity index (χ2n) is 5.38. The molecule has 0 aromatic rings. The number of rotatable bonds is 3. The third kappa shape index (κ3) is 3.49. The van der Waals surface area contributed by atoms with Crippen LogP contribution in [0.4, 0.5) is 0 Å². The fourth-order valence-electron chi connectivity index (χ4n) is 2.00. The van der Waals surface area contributed by atoms with Crippen LogP contribution >= 0.6 is 0 Å². The van der Waals surface area contributed by atoms with Crippen LogP contribution in [-0.4, -0.2) is 29.9 Å². The minimum Gasteiger partial charge on any atom is -0.341 e. The average Bonchev–Trinajstić information content (AvgIpc) is 2.17. The van der Waals surface area contributed by atoms with Crippen LogP contribution in [0, 0.1) is 5.41 Å². The minimum atomic E-state index is -0.281. The van der Waals surface area contributed by atoms with Crippen molar-refractivity contribution in [3.05, 3.63) is 0 Å². The fourth-order valence-corrected chi connectivity index (χ4v) is 2.00. The SMILES string of the molecule is CCC[C@H](N)C(=O)N1CCC(C)(C)CC1. The van der Waals surface area contributed by atoms with Crippen LogP contribution in [-0.2, 0) is 4.79 Å². The lowest BCUT2D eigenvalue weighted by molar-refractivity contribution is -0.134.